The fourth-order valence-corrected chi connectivity index (χ4v) is 3.72. The number of nitrogens with one attached hydrogen (secondary N) is 2. The van der Waals surface area contributed by atoms with E-state index in [9.17, 15) is 4.79 Å². The highest BCUT2D eigenvalue weighted by Gasteiger charge is 2.34. The molecule has 2 fully saturated rings. The Morgan fingerprint density at radius 1 is 1.25 bits per heavy atom. The molecule has 0 aromatic carbocycles. The van der Waals surface area contributed by atoms with Gasteiger partial charge in [0.1, 0.15) is 0 Å². The number of aromatic nitrogens is 4. The van der Waals surface area contributed by atoms with E-state index in [4.69, 9.17) is 0 Å². The number of anilines is 1. The molecule has 0 spiro atoms. The molecule has 24 heavy (non-hydrogen) atoms. The van der Waals surface area contributed by atoms with Crippen LogP contribution in [0.15, 0.2) is 30.9 Å². The van der Waals surface area contributed by atoms with E-state index >= 15 is 0 Å². The Morgan fingerprint density at radius 3 is 2.67 bits per heavy atom. The zero-order valence-corrected chi connectivity index (χ0v) is 14.1. The molecule has 4 rings (SSSR count). The molecule has 2 aromatic heterocycles. The molecule has 8 heteroatoms. The fraction of sp³-hybridized carbons (Fsp3) is 0.500. The normalized spacial score (nSPS) is 25.1. The van der Waals surface area contributed by atoms with E-state index in [0.717, 1.165) is 12.8 Å². The third-order valence-electron chi connectivity index (χ3n) is 4.67. The standard InChI is InChI=1S/C16H20N6O.ClH/c23-15(8-11-6-12-2-3-13(7-11)20-12)21-14-9-19-22(10-14)16-17-4-1-5-18-16;/h1,4-5,9-13,20H,2-3,6-8H2,(H,21,23);1H. The van der Waals surface area contributed by atoms with Crippen molar-refractivity contribution < 1.29 is 4.79 Å². The van der Waals surface area contributed by atoms with E-state index in [1.807, 2.05) is 0 Å². The second-order valence-electron chi connectivity index (χ2n) is 6.45. The van der Waals surface area contributed by atoms with Crippen LogP contribution in [0.5, 0.6) is 0 Å². The molecular formula is C16H21ClN6O. The number of fused-ring (bicyclic) bond motifs is 2. The number of piperidine rings is 1. The summed E-state index contributed by atoms with van der Waals surface area (Å²) < 4.78 is 1.56. The van der Waals surface area contributed by atoms with Gasteiger partial charge in [-0.15, -0.1) is 12.4 Å². The summed E-state index contributed by atoms with van der Waals surface area (Å²) in [7, 11) is 0. The lowest BCUT2D eigenvalue weighted by molar-refractivity contribution is -0.117. The molecule has 7 nitrogen and oxygen atoms in total. The quantitative estimate of drug-likeness (QED) is 0.882. The van der Waals surface area contributed by atoms with Crippen molar-refractivity contribution in [2.45, 2.75) is 44.2 Å². The maximum atomic E-state index is 12.3. The Labute approximate surface area is 146 Å². The monoisotopic (exact) mass is 348 g/mol. The summed E-state index contributed by atoms with van der Waals surface area (Å²) in [5, 5.41) is 10.7. The first-order valence-electron chi connectivity index (χ1n) is 8.14. The lowest BCUT2D eigenvalue weighted by Gasteiger charge is -2.28. The molecular weight excluding hydrogens is 328 g/mol. The molecule has 1 amide bonds. The van der Waals surface area contributed by atoms with Gasteiger partial charge in [-0.1, -0.05) is 0 Å². The molecule has 0 radical (unpaired) electrons. The largest absolute Gasteiger partial charge is 0.323 e. The van der Waals surface area contributed by atoms with Gasteiger partial charge in [-0.05, 0) is 37.7 Å². The Balaban J connectivity index is 0.00000169. The van der Waals surface area contributed by atoms with E-state index in [1.165, 1.54) is 12.8 Å². The van der Waals surface area contributed by atoms with E-state index in [-0.39, 0.29) is 18.3 Å². The summed E-state index contributed by atoms with van der Waals surface area (Å²) in [6, 6.07) is 2.98. The van der Waals surface area contributed by atoms with Crippen LogP contribution in [0, 0.1) is 5.92 Å². The molecule has 4 heterocycles. The van der Waals surface area contributed by atoms with Crippen molar-refractivity contribution >= 4 is 24.0 Å². The average molecular weight is 349 g/mol. The highest BCUT2D eigenvalue weighted by molar-refractivity contribution is 5.90. The molecule has 2 saturated heterocycles. The van der Waals surface area contributed by atoms with Gasteiger partial charge < -0.3 is 10.6 Å². The van der Waals surface area contributed by atoms with Gasteiger partial charge in [0.2, 0.25) is 11.9 Å². The summed E-state index contributed by atoms with van der Waals surface area (Å²) in [5.74, 6) is 1.04. The van der Waals surface area contributed by atoms with Gasteiger partial charge >= 0.3 is 0 Å². The van der Waals surface area contributed by atoms with Crippen LogP contribution in [0.3, 0.4) is 0 Å². The van der Waals surface area contributed by atoms with Gasteiger partial charge in [0, 0.05) is 30.9 Å². The molecule has 2 bridgehead atoms. The summed E-state index contributed by atoms with van der Waals surface area (Å²) in [4.78, 5) is 20.5. The van der Waals surface area contributed by atoms with Crippen LogP contribution in [-0.2, 0) is 4.79 Å². The van der Waals surface area contributed by atoms with Gasteiger partial charge in [-0.25, -0.2) is 14.6 Å². The van der Waals surface area contributed by atoms with Crippen molar-refractivity contribution in [2.75, 3.05) is 5.32 Å². The summed E-state index contributed by atoms with van der Waals surface area (Å²) >= 11 is 0. The van der Waals surface area contributed by atoms with Gasteiger partial charge in [0.05, 0.1) is 18.1 Å². The average Bonchev–Trinajstić information content (AvgIpc) is 3.15. The second kappa shape index (κ2) is 7.27. The van der Waals surface area contributed by atoms with Crippen molar-refractivity contribution in [1.82, 2.24) is 25.1 Å². The number of rotatable bonds is 4. The summed E-state index contributed by atoms with van der Waals surface area (Å²) in [5.41, 5.74) is 0.680. The number of carbonyl (C=O) groups excluding carboxylic acids is 1. The minimum Gasteiger partial charge on any atom is -0.323 e. The van der Waals surface area contributed by atoms with Crippen molar-refractivity contribution in [3.05, 3.63) is 30.9 Å². The topological polar surface area (TPSA) is 84.7 Å². The molecule has 0 aliphatic carbocycles. The predicted octanol–water partition coefficient (Wildman–Crippen LogP) is 1.94. The van der Waals surface area contributed by atoms with E-state index in [1.54, 1.807) is 35.5 Å². The summed E-state index contributed by atoms with van der Waals surface area (Å²) in [6.45, 7) is 0. The molecule has 2 aliphatic heterocycles. The Hall–Kier alpha value is -1.99. The fourth-order valence-electron chi connectivity index (χ4n) is 3.72. The molecule has 2 aromatic rings. The summed E-state index contributed by atoms with van der Waals surface area (Å²) in [6.07, 6.45) is 12.0. The van der Waals surface area contributed by atoms with Crippen molar-refractivity contribution in [3.63, 3.8) is 0 Å². The SMILES string of the molecule is Cl.O=C(CC1CC2CCC(C1)N2)Nc1cnn(-c2ncccn2)c1. The smallest absolute Gasteiger partial charge is 0.250 e. The number of hydrogen-bond acceptors (Lipinski definition) is 5. The van der Waals surface area contributed by atoms with Gasteiger partial charge in [0.15, 0.2) is 0 Å². The first kappa shape index (κ1) is 16.9. The van der Waals surface area contributed by atoms with Crippen LogP contribution >= 0.6 is 12.4 Å². The number of hydrogen-bond donors (Lipinski definition) is 2. The molecule has 0 saturated carbocycles. The predicted molar refractivity (Wildman–Crippen MR) is 92.3 cm³/mol. The maximum absolute atomic E-state index is 12.3. The van der Waals surface area contributed by atoms with Gasteiger partial charge in [0.25, 0.3) is 0 Å². The Bertz CT molecular complexity index is 679. The Morgan fingerprint density at radius 2 is 1.96 bits per heavy atom. The van der Waals surface area contributed by atoms with E-state index in [2.05, 4.69) is 25.7 Å². The second-order valence-corrected chi connectivity index (χ2v) is 6.45. The maximum Gasteiger partial charge on any atom is 0.250 e. The Kier molecular flexibility index (Phi) is 5.11. The molecule has 2 atom stereocenters. The first-order chi connectivity index (χ1) is 11.3. The zero-order valence-electron chi connectivity index (χ0n) is 13.3. The first-order valence-corrected chi connectivity index (χ1v) is 8.14. The van der Waals surface area contributed by atoms with Crippen LogP contribution in [0.2, 0.25) is 0 Å². The number of nitrogens with zero attached hydrogens (tertiary/aromatic N) is 4. The van der Waals surface area contributed by atoms with Gasteiger partial charge in [-0.2, -0.15) is 5.10 Å². The minimum atomic E-state index is 0. The zero-order chi connectivity index (χ0) is 15.6. The number of halogens is 1. The van der Waals surface area contributed by atoms with E-state index in [0.29, 0.717) is 36.1 Å². The third kappa shape index (κ3) is 3.73. The molecule has 128 valence electrons. The number of carbonyl (C=O) groups is 1. The van der Waals surface area contributed by atoms with Crippen LogP contribution in [0.1, 0.15) is 32.1 Å². The third-order valence-corrected chi connectivity index (χ3v) is 4.67. The number of amides is 1. The van der Waals surface area contributed by atoms with Crippen molar-refractivity contribution in [3.8, 4) is 5.95 Å². The van der Waals surface area contributed by atoms with Crippen LogP contribution < -0.4 is 10.6 Å². The van der Waals surface area contributed by atoms with Crippen molar-refractivity contribution in [1.29, 1.82) is 0 Å². The highest BCUT2D eigenvalue weighted by atomic mass is 35.5. The van der Waals surface area contributed by atoms with Crippen LogP contribution in [0.25, 0.3) is 5.95 Å². The van der Waals surface area contributed by atoms with Crippen LogP contribution in [-0.4, -0.2) is 37.7 Å². The minimum absolute atomic E-state index is 0. The van der Waals surface area contributed by atoms with Crippen LogP contribution in [0.4, 0.5) is 5.69 Å². The molecule has 2 unspecified atom stereocenters. The molecule has 2 N–H and O–H groups in total. The van der Waals surface area contributed by atoms with E-state index < -0.39 is 0 Å². The molecule has 2 aliphatic rings. The lowest BCUT2D eigenvalue weighted by atomic mass is 9.89. The van der Waals surface area contributed by atoms with Crippen molar-refractivity contribution in [2.24, 2.45) is 5.92 Å². The highest BCUT2D eigenvalue weighted by Crippen LogP contribution is 2.32. The lowest BCUT2D eigenvalue weighted by Crippen LogP contribution is -2.39. The van der Waals surface area contributed by atoms with Gasteiger partial charge in [-0.3, -0.25) is 4.79 Å².